The van der Waals surface area contributed by atoms with E-state index in [0.29, 0.717) is 11.3 Å². The van der Waals surface area contributed by atoms with E-state index >= 15 is 0 Å². The molecule has 0 amide bonds. The van der Waals surface area contributed by atoms with E-state index < -0.39 is 0 Å². The predicted molar refractivity (Wildman–Crippen MR) is 89.8 cm³/mol. The zero-order valence-electron chi connectivity index (χ0n) is 14.4. The summed E-state index contributed by atoms with van der Waals surface area (Å²) in [5, 5.41) is 3.76. The predicted octanol–water partition coefficient (Wildman–Crippen LogP) is 4.19. The lowest BCUT2D eigenvalue weighted by atomic mass is 9.78. The molecule has 1 unspecified atom stereocenters. The van der Waals surface area contributed by atoms with E-state index in [1.54, 1.807) is 0 Å². The molecule has 1 fully saturated rings. The van der Waals surface area contributed by atoms with Gasteiger partial charge in [0.25, 0.3) is 0 Å². The molecule has 1 aliphatic rings. The quantitative estimate of drug-likeness (QED) is 0.590. The van der Waals surface area contributed by atoms with Gasteiger partial charge in [0, 0.05) is 6.54 Å². The highest BCUT2D eigenvalue weighted by Gasteiger charge is 2.33. The van der Waals surface area contributed by atoms with Crippen LogP contribution < -0.4 is 11.1 Å². The van der Waals surface area contributed by atoms with E-state index in [2.05, 4.69) is 33.0 Å². The van der Waals surface area contributed by atoms with Gasteiger partial charge < -0.3 is 11.1 Å². The van der Waals surface area contributed by atoms with Crippen LogP contribution in [0.2, 0.25) is 0 Å². The Morgan fingerprint density at radius 1 is 1.05 bits per heavy atom. The van der Waals surface area contributed by atoms with Crippen molar-refractivity contribution in [2.75, 3.05) is 19.6 Å². The van der Waals surface area contributed by atoms with E-state index in [4.69, 9.17) is 5.73 Å². The lowest BCUT2D eigenvalue weighted by Crippen LogP contribution is -2.35. The highest BCUT2D eigenvalue weighted by atomic mass is 14.9. The Kier molecular flexibility index (Phi) is 8.13. The third-order valence-corrected chi connectivity index (χ3v) is 4.87. The van der Waals surface area contributed by atoms with Gasteiger partial charge in [-0.25, -0.2) is 0 Å². The average molecular weight is 283 g/mol. The third-order valence-electron chi connectivity index (χ3n) is 4.87. The highest BCUT2D eigenvalue weighted by molar-refractivity contribution is 4.87. The van der Waals surface area contributed by atoms with Gasteiger partial charge in [-0.1, -0.05) is 40.5 Å². The fourth-order valence-corrected chi connectivity index (χ4v) is 4.10. The molecule has 1 rings (SSSR count). The molecule has 0 bridgehead atoms. The summed E-state index contributed by atoms with van der Waals surface area (Å²) in [6.45, 7) is 12.5. The van der Waals surface area contributed by atoms with Gasteiger partial charge in [-0.2, -0.15) is 0 Å². The number of hydrogen-bond donors (Lipinski definition) is 2. The average Bonchev–Trinajstić information content (AvgIpc) is 2.80. The minimum Gasteiger partial charge on any atom is -0.330 e. The molecule has 2 nitrogen and oxygen atoms in total. The van der Waals surface area contributed by atoms with Crippen LogP contribution in [0, 0.1) is 23.2 Å². The van der Waals surface area contributed by atoms with Gasteiger partial charge in [0.2, 0.25) is 0 Å². The Morgan fingerprint density at radius 3 is 2.20 bits per heavy atom. The first-order valence-electron chi connectivity index (χ1n) is 8.88. The summed E-state index contributed by atoms with van der Waals surface area (Å²) in [6.07, 6.45) is 9.66. The number of rotatable bonds is 10. The van der Waals surface area contributed by atoms with Crippen LogP contribution in [0.25, 0.3) is 0 Å². The van der Waals surface area contributed by atoms with Crippen LogP contribution in [0.3, 0.4) is 0 Å². The van der Waals surface area contributed by atoms with Crippen molar-refractivity contribution in [3.8, 4) is 0 Å². The van der Waals surface area contributed by atoms with Gasteiger partial charge >= 0.3 is 0 Å². The lowest BCUT2D eigenvalue weighted by molar-refractivity contribution is 0.221. The number of hydrogen-bond acceptors (Lipinski definition) is 2. The van der Waals surface area contributed by atoms with Gasteiger partial charge in [-0.15, -0.1) is 0 Å². The highest BCUT2D eigenvalue weighted by Crippen LogP contribution is 2.42. The fourth-order valence-electron chi connectivity index (χ4n) is 4.10. The molecule has 1 aliphatic carbocycles. The maximum atomic E-state index is 5.89. The molecule has 0 aromatic carbocycles. The van der Waals surface area contributed by atoms with Crippen LogP contribution in [-0.4, -0.2) is 19.6 Å². The minimum absolute atomic E-state index is 0.602. The van der Waals surface area contributed by atoms with Gasteiger partial charge in [-0.3, -0.25) is 0 Å². The van der Waals surface area contributed by atoms with E-state index in [-0.39, 0.29) is 0 Å². The molecule has 0 aromatic heterocycles. The van der Waals surface area contributed by atoms with Gasteiger partial charge in [0.15, 0.2) is 0 Å². The molecule has 1 atom stereocenters. The molecule has 0 radical (unpaired) electrons. The summed E-state index contributed by atoms with van der Waals surface area (Å²) >= 11 is 0. The maximum Gasteiger partial charge on any atom is 0.000791 e. The summed E-state index contributed by atoms with van der Waals surface area (Å²) in [5.74, 6) is 2.30. The molecule has 3 N–H and O–H groups in total. The van der Waals surface area contributed by atoms with Crippen molar-refractivity contribution < 1.29 is 0 Å². The monoisotopic (exact) mass is 282 g/mol. The van der Waals surface area contributed by atoms with E-state index in [1.807, 2.05) is 0 Å². The summed E-state index contributed by atoms with van der Waals surface area (Å²) in [4.78, 5) is 0. The number of nitrogens with one attached hydrogen (secondary N) is 1. The van der Waals surface area contributed by atoms with Crippen LogP contribution in [0.4, 0.5) is 0 Å². The first-order chi connectivity index (χ1) is 9.47. The first kappa shape index (κ1) is 18.0. The molecule has 2 heteroatoms. The Balaban J connectivity index is 2.27. The van der Waals surface area contributed by atoms with Gasteiger partial charge in [0.1, 0.15) is 0 Å². The van der Waals surface area contributed by atoms with Crippen molar-refractivity contribution in [1.82, 2.24) is 5.32 Å². The summed E-state index contributed by atoms with van der Waals surface area (Å²) < 4.78 is 0. The maximum absolute atomic E-state index is 5.89. The smallest absolute Gasteiger partial charge is 0.000791 e. The van der Waals surface area contributed by atoms with Crippen LogP contribution in [0.1, 0.15) is 72.6 Å². The lowest BCUT2D eigenvalue weighted by Gasteiger charge is -2.31. The second-order valence-electron chi connectivity index (χ2n) is 8.00. The number of nitrogens with two attached hydrogens (primary N) is 1. The van der Waals surface area contributed by atoms with Crippen molar-refractivity contribution in [3.05, 3.63) is 0 Å². The summed E-state index contributed by atoms with van der Waals surface area (Å²) in [6, 6.07) is 0. The molecule has 1 saturated carbocycles. The standard InChI is InChI=1S/C18H38N2/c1-15(2)11-17(13-19)7-10-20-14-18(12-16(3)4)8-5-6-9-18/h15-17,20H,5-14,19H2,1-4H3. The van der Waals surface area contributed by atoms with Crippen molar-refractivity contribution in [2.24, 2.45) is 28.9 Å². The van der Waals surface area contributed by atoms with Crippen LogP contribution in [0.15, 0.2) is 0 Å². The Bertz CT molecular complexity index is 242. The van der Waals surface area contributed by atoms with Crippen LogP contribution >= 0.6 is 0 Å². The Hall–Kier alpha value is -0.0800. The van der Waals surface area contributed by atoms with Crippen LogP contribution in [-0.2, 0) is 0 Å². The van der Waals surface area contributed by atoms with Gasteiger partial charge in [-0.05, 0) is 68.4 Å². The minimum atomic E-state index is 0.602. The topological polar surface area (TPSA) is 38.0 Å². The molecular weight excluding hydrogens is 244 g/mol. The van der Waals surface area contributed by atoms with Gasteiger partial charge in [0.05, 0.1) is 0 Å². The third kappa shape index (κ3) is 6.58. The van der Waals surface area contributed by atoms with E-state index in [0.717, 1.165) is 24.9 Å². The first-order valence-corrected chi connectivity index (χ1v) is 8.88. The SMILES string of the molecule is CC(C)CC(CN)CCNCC1(CC(C)C)CCCC1. The molecule has 20 heavy (non-hydrogen) atoms. The second kappa shape index (κ2) is 9.04. The van der Waals surface area contributed by atoms with Crippen LogP contribution in [0.5, 0.6) is 0 Å². The van der Waals surface area contributed by atoms with E-state index in [1.165, 1.54) is 51.5 Å². The molecule has 0 aromatic rings. The molecule has 0 aliphatic heterocycles. The Labute approximate surface area is 127 Å². The largest absolute Gasteiger partial charge is 0.330 e. The molecule has 0 heterocycles. The Morgan fingerprint density at radius 2 is 1.70 bits per heavy atom. The molecule has 0 saturated heterocycles. The molecule has 120 valence electrons. The summed E-state index contributed by atoms with van der Waals surface area (Å²) in [5.41, 5.74) is 6.49. The summed E-state index contributed by atoms with van der Waals surface area (Å²) in [7, 11) is 0. The second-order valence-corrected chi connectivity index (χ2v) is 8.00. The van der Waals surface area contributed by atoms with Crippen molar-refractivity contribution >= 4 is 0 Å². The van der Waals surface area contributed by atoms with Crippen molar-refractivity contribution in [2.45, 2.75) is 72.6 Å². The van der Waals surface area contributed by atoms with Crippen molar-refractivity contribution in [3.63, 3.8) is 0 Å². The normalized spacial score (nSPS) is 19.9. The molecular formula is C18H38N2. The van der Waals surface area contributed by atoms with E-state index in [9.17, 15) is 0 Å². The van der Waals surface area contributed by atoms with Crippen molar-refractivity contribution in [1.29, 1.82) is 0 Å². The zero-order valence-corrected chi connectivity index (χ0v) is 14.4. The zero-order chi connectivity index (χ0) is 15.0. The fraction of sp³-hybridized carbons (Fsp3) is 1.00. The molecule has 0 spiro atoms.